The Kier molecular flexibility index (Phi) is 4.40. The SMILES string of the molecule is COC(=O)C1(Cc2ccccc2Br)CCCCN1. The standard InChI is InChI=1S/C14H18BrNO2/c1-18-13(17)14(8-4-5-9-16-14)10-11-6-2-3-7-12(11)15/h2-3,6-7,16H,4-5,8-10H2,1H3. The highest BCUT2D eigenvalue weighted by Gasteiger charge is 2.40. The van der Waals surface area contributed by atoms with Crippen LogP contribution >= 0.6 is 15.9 Å². The third kappa shape index (κ3) is 2.75. The van der Waals surface area contributed by atoms with E-state index in [9.17, 15) is 4.79 Å². The molecular formula is C14H18BrNO2. The van der Waals surface area contributed by atoms with Gasteiger partial charge in [0.05, 0.1) is 7.11 Å². The number of rotatable bonds is 3. The Morgan fingerprint density at radius 1 is 1.44 bits per heavy atom. The van der Waals surface area contributed by atoms with Crippen LogP contribution in [-0.4, -0.2) is 25.2 Å². The average Bonchev–Trinajstić information content (AvgIpc) is 2.41. The molecule has 0 radical (unpaired) electrons. The van der Waals surface area contributed by atoms with Crippen molar-refractivity contribution < 1.29 is 9.53 Å². The number of carbonyl (C=O) groups is 1. The first-order chi connectivity index (χ1) is 8.68. The number of hydrogen-bond donors (Lipinski definition) is 1. The molecule has 1 aliphatic rings. The van der Waals surface area contributed by atoms with Crippen LogP contribution in [0.3, 0.4) is 0 Å². The maximum Gasteiger partial charge on any atom is 0.326 e. The minimum atomic E-state index is -0.559. The molecule has 0 aromatic heterocycles. The van der Waals surface area contributed by atoms with Gasteiger partial charge in [-0.2, -0.15) is 0 Å². The first kappa shape index (κ1) is 13.6. The van der Waals surface area contributed by atoms with Gasteiger partial charge in [-0.3, -0.25) is 4.79 Å². The molecule has 0 aliphatic carbocycles. The largest absolute Gasteiger partial charge is 0.468 e. The van der Waals surface area contributed by atoms with Crippen molar-refractivity contribution in [1.29, 1.82) is 0 Å². The second kappa shape index (κ2) is 5.85. The number of benzene rings is 1. The van der Waals surface area contributed by atoms with Gasteiger partial charge in [-0.15, -0.1) is 0 Å². The number of halogens is 1. The lowest BCUT2D eigenvalue weighted by Crippen LogP contribution is -2.56. The molecule has 0 bridgehead atoms. The first-order valence-electron chi connectivity index (χ1n) is 6.25. The Bertz CT molecular complexity index is 428. The monoisotopic (exact) mass is 311 g/mol. The van der Waals surface area contributed by atoms with E-state index in [1.54, 1.807) is 0 Å². The Morgan fingerprint density at radius 3 is 2.83 bits per heavy atom. The lowest BCUT2D eigenvalue weighted by molar-refractivity contribution is -0.149. The number of esters is 1. The molecule has 1 aromatic rings. The summed E-state index contributed by atoms with van der Waals surface area (Å²) in [5, 5.41) is 3.36. The van der Waals surface area contributed by atoms with Gasteiger partial charge in [0.25, 0.3) is 0 Å². The van der Waals surface area contributed by atoms with Crippen molar-refractivity contribution in [3.8, 4) is 0 Å². The highest BCUT2D eigenvalue weighted by Crippen LogP contribution is 2.28. The van der Waals surface area contributed by atoms with Gasteiger partial charge in [-0.1, -0.05) is 34.1 Å². The molecule has 1 aromatic carbocycles. The molecule has 1 fully saturated rings. The van der Waals surface area contributed by atoms with E-state index in [4.69, 9.17) is 4.74 Å². The van der Waals surface area contributed by atoms with Crippen molar-refractivity contribution in [3.05, 3.63) is 34.3 Å². The van der Waals surface area contributed by atoms with E-state index in [1.165, 1.54) is 7.11 Å². The van der Waals surface area contributed by atoms with Crippen LogP contribution in [0, 0.1) is 0 Å². The molecule has 1 unspecified atom stereocenters. The fourth-order valence-corrected chi connectivity index (χ4v) is 2.95. The van der Waals surface area contributed by atoms with Gasteiger partial charge in [0.15, 0.2) is 0 Å². The van der Waals surface area contributed by atoms with Crippen molar-refractivity contribution in [2.45, 2.75) is 31.2 Å². The fourth-order valence-electron chi connectivity index (χ4n) is 2.53. The summed E-state index contributed by atoms with van der Waals surface area (Å²) < 4.78 is 6.03. The van der Waals surface area contributed by atoms with E-state index < -0.39 is 5.54 Å². The second-order valence-electron chi connectivity index (χ2n) is 4.73. The molecule has 98 valence electrons. The average molecular weight is 312 g/mol. The first-order valence-corrected chi connectivity index (χ1v) is 7.04. The zero-order valence-corrected chi connectivity index (χ0v) is 12.1. The smallest absolute Gasteiger partial charge is 0.326 e. The van der Waals surface area contributed by atoms with Crippen LogP contribution in [-0.2, 0) is 16.0 Å². The molecule has 1 atom stereocenters. The van der Waals surface area contributed by atoms with Gasteiger partial charge >= 0.3 is 5.97 Å². The van der Waals surface area contributed by atoms with Gasteiger partial charge in [0, 0.05) is 10.9 Å². The van der Waals surface area contributed by atoms with E-state index in [0.717, 1.165) is 35.8 Å². The quantitative estimate of drug-likeness (QED) is 0.872. The predicted octanol–water partition coefficient (Wildman–Crippen LogP) is 2.68. The van der Waals surface area contributed by atoms with Crippen molar-refractivity contribution in [2.75, 3.05) is 13.7 Å². The van der Waals surface area contributed by atoms with Crippen molar-refractivity contribution in [2.24, 2.45) is 0 Å². The van der Waals surface area contributed by atoms with E-state index in [-0.39, 0.29) is 5.97 Å². The van der Waals surface area contributed by atoms with E-state index >= 15 is 0 Å². The third-order valence-electron chi connectivity index (χ3n) is 3.52. The number of ether oxygens (including phenoxy) is 1. The molecule has 3 nitrogen and oxygen atoms in total. The summed E-state index contributed by atoms with van der Waals surface area (Å²) in [4.78, 5) is 12.1. The number of methoxy groups -OCH3 is 1. The Hall–Kier alpha value is -0.870. The van der Waals surface area contributed by atoms with Crippen molar-refractivity contribution in [3.63, 3.8) is 0 Å². The highest BCUT2D eigenvalue weighted by molar-refractivity contribution is 9.10. The normalized spacial score (nSPS) is 23.7. The van der Waals surface area contributed by atoms with Gasteiger partial charge in [0.2, 0.25) is 0 Å². The summed E-state index contributed by atoms with van der Waals surface area (Å²) in [6, 6.07) is 8.02. The van der Waals surface area contributed by atoms with Crippen molar-refractivity contribution in [1.82, 2.24) is 5.32 Å². The molecule has 0 saturated carbocycles. The van der Waals surface area contributed by atoms with Crippen LogP contribution in [0.5, 0.6) is 0 Å². The zero-order chi connectivity index (χ0) is 13.0. The maximum absolute atomic E-state index is 12.1. The minimum Gasteiger partial charge on any atom is -0.468 e. The highest BCUT2D eigenvalue weighted by atomic mass is 79.9. The van der Waals surface area contributed by atoms with Crippen LogP contribution in [0.1, 0.15) is 24.8 Å². The topological polar surface area (TPSA) is 38.3 Å². The third-order valence-corrected chi connectivity index (χ3v) is 4.29. The molecular weight excluding hydrogens is 294 g/mol. The molecule has 1 saturated heterocycles. The Labute approximate surface area is 116 Å². The molecule has 0 amide bonds. The van der Waals surface area contributed by atoms with Crippen molar-refractivity contribution >= 4 is 21.9 Å². The van der Waals surface area contributed by atoms with Crippen LogP contribution < -0.4 is 5.32 Å². The predicted molar refractivity (Wildman–Crippen MR) is 74.4 cm³/mol. The summed E-state index contributed by atoms with van der Waals surface area (Å²) in [5.74, 6) is -0.155. The maximum atomic E-state index is 12.1. The van der Waals surface area contributed by atoms with Crippen LogP contribution in [0.15, 0.2) is 28.7 Å². The van der Waals surface area contributed by atoms with Gasteiger partial charge in [-0.25, -0.2) is 0 Å². The summed E-state index contributed by atoms with van der Waals surface area (Å²) in [7, 11) is 1.46. The summed E-state index contributed by atoms with van der Waals surface area (Å²) >= 11 is 3.54. The van der Waals surface area contributed by atoms with Crippen LogP contribution in [0.4, 0.5) is 0 Å². The molecule has 1 aliphatic heterocycles. The number of piperidine rings is 1. The lowest BCUT2D eigenvalue weighted by Gasteiger charge is -2.36. The van der Waals surface area contributed by atoms with E-state index in [1.807, 2.05) is 24.3 Å². The van der Waals surface area contributed by atoms with Crippen LogP contribution in [0.2, 0.25) is 0 Å². The molecule has 1 heterocycles. The second-order valence-corrected chi connectivity index (χ2v) is 5.58. The molecule has 4 heteroatoms. The number of hydrogen-bond acceptors (Lipinski definition) is 3. The summed E-state index contributed by atoms with van der Waals surface area (Å²) in [6.07, 6.45) is 3.68. The fraction of sp³-hybridized carbons (Fsp3) is 0.500. The van der Waals surface area contributed by atoms with Gasteiger partial charge < -0.3 is 10.1 Å². The molecule has 18 heavy (non-hydrogen) atoms. The number of carbonyl (C=O) groups excluding carboxylic acids is 1. The molecule has 1 N–H and O–H groups in total. The van der Waals surface area contributed by atoms with Crippen LogP contribution in [0.25, 0.3) is 0 Å². The summed E-state index contributed by atoms with van der Waals surface area (Å²) in [5.41, 5.74) is 0.578. The number of nitrogens with one attached hydrogen (secondary N) is 1. The van der Waals surface area contributed by atoms with E-state index in [2.05, 4.69) is 21.2 Å². The lowest BCUT2D eigenvalue weighted by atomic mass is 9.83. The minimum absolute atomic E-state index is 0.155. The Balaban J connectivity index is 2.25. The van der Waals surface area contributed by atoms with E-state index in [0.29, 0.717) is 6.42 Å². The molecule has 2 rings (SSSR count). The van der Waals surface area contributed by atoms with Gasteiger partial charge in [0.1, 0.15) is 5.54 Å². The Morgan fingerprint density at radius 2 is 2.22 bits per heavy atom. The van der Waals surface area contributed by atoms with Gasteiger partial charge in [-0.05, 0) is 37.4 Å². The molecule has 0 spiro atoms. The summed E-state index contributed by atoms with van der Waals surface area (Å²) in [6.45, 7) is 0.875. The zero-order valence-electron chi connectivity index (χ0n) is 10.5.